The number of ether oxygens (including phenoxy) is 1. The van der Waals surface area contributed by atoms with Crippen LogP contribution in [0, 0.1) is 18.7 Å². The third-order valence-corrected chi connectivity index (χ3v) is 6.07. The lowest BCUT2D eigenvalue weighted by atomic mass is 10.2. The Morgan fingerprint density at radius 3 is 2.67 bits per heavy atom. The number of halogens is 2. The summed E-state index contributed by atoms with van der Waals surface area (Å²) in [4.78, 5) is 39.4. The average molecular weight is 453 g/mol. The zero-order chi connectivity index (χ0) is 21.8. The van der Waals surface area contributed by atoms with Crippen molar-refractivity contribution in [1.82, 2.24) is 4.90 Å². The fourth-order valence-corrected chi connectivity index (χ4v) is 4.24. The van der Waals surface area contributed by atoms with Crippen molar-refractivity contribution in [3.63, 3.8) is 0 Å². The lowest BCUT2D eigenvalue weighted by molar-refractivity contribution is -0.143. The van der Waals surface area contributed by atoms with E-state index in [4.69, 9.17) is 16.3 Å². The van der Waals surface area contributed by atoms with Gasteiger partial charge in [0.15, 0.2) is 0 Å². The number of hydrogen-bond acceptors (Lipinski definition) is 5. The number of anilines is 1. The van der Waals surface area contributed by atoms with Gasteiger partial charge in [-0.2, -0.15) is 0 Å². The van der Waals surface area contributed by atoms with Crippen molar-refractivity contribution >= 4 is 45.7 Å². The van der Waals surface area contributed by atoms with E-state index in [0.717, 1.165) is 36.3 Å². The van der Waals surface area contributed by atoms with Crippen LogP contribution in [-0.4, -0.2) is 42.4 Å². The first kappa shape index (κ1) is 22.2. The summed E-state index contributed by atoms with van der Waals surface area (Å²) in [7, 11) is 0. The van der Waals surface area contributed by atoms with Gasteiger partial charge in [0.05, 0.1) is 27.1 Å². The molecule has 9 heteroatoms. The Balaban J connectivity index is 1.75. The topological polar surface area (TPSA) is 75.7 Å². The van der Waals surface area contributed by atoms with E-state index in [-0.39, 0.29) is 29.6 Å². The molecule has 1 heterocycles. The van der Waals surface area contributed by atoms with Crippen LogP contribution in [0.1, 0.15) is 45.4 Å². The van der Waals surface area contributed by atoms with Crippen LogP contribution in [0.4, 0.5) is 9.39 Å². The SMILES string of the molecule is CCOC(=O)CN(CC1CC1)C(=O)c1sc(NC(=O)c2ccc(F)cc2Cl)cc1C. The first-order valence-corrected chi connectivity index (χ1v) is 10.8. The molecule has 1 aliphatic carbocycles. The summed E-state index contributed by atoms with van der Waals surface area (Å²) in [6.45, 7) is 4.14. The van der Waals surface area contributed by atoms with E-state index in [1.54, 1.807) is 19.9 Å². The molecule has 1 fully saturated rings. The third-order valence-electron chi connectivity index (χ3n) is 4.61. The maximum atomic E-state index is 13.2. The predicted octanol–water partition coefficient (Wildman–Crippen LogP) is 4.52. The van der Waals surface area contributed by atoms with E-state index in [0.29, 0.717) is 27.9 Å². The molecule has 0 bridgehead atoms. The number of nitrogens with zero attached hydrogens (tertiary/aromatic N) is 1. The van der Waals surface area contributed by atoms with Gasteiger partial charge in [-0.1, -0.05) is 11.6 Å². The van der Waals surface area contributed by atoms with Gasteiger partial charge in [0.1, 0.15) is 12.4 Å². The molecule has 160 valence electrons. The molecule has 6 nitrogen and oxygen atoms in total. The molecule has 30 heavy (non-hydrogen) atoms. The molecular weight excluding hydrogens is 431 g/mol. The van der Waals surface area contributed by atoms with Gasteiger partial charge in [0, 0.05) is 6.54 Å². The highest BCUT2D eigenvalue weighted by atomic mass is 35.5. The van der Waals surface area contributed by atoms with Gasteiger partial charge in [0.25, 0.3) is 11.8 Å². The van der Waals surface area contributed by atoms with Crippen LogP contribution in [0.2, 0.25) is 5.02 Å². The van der Waals surface area contributed by atoms with Crippen molar-refractivity contribution in [2.24, 2.45) is 5.92 Å². The Labute approximate surface area is 183 Å². The van der Waals surface area contributed by atoms with Crippen molar-refractivity contribution in [2.75, 3.05) is 25.0 Å². The normalized spacial score (nSPS) is 13.1. The molecule has 0 saturated heterocycles. The number of hydrogen-bond donors (Lipinski definition) is 1. The van der Waals surface area contributed by atoms with Crippen LogP contribution in [0.3, 0.4) is 0 Å². The van der Waals surface area contributed by atoms with Crippen molar-refractivity contribution in [3.8, 4) is 0 Å². The Hall–Kier alpha value is -2.45. The van der Waals surface area contributed by atoms with Gasteiger partial charge in [-0.05, 0) is 62.4 Å². The minimum absolute atomic E-state index is 0.00197. The van der Waals surface area contributed by atoms with Gasteiger partial charge >= 0.3 is 5.97 Å². The number of esters is 1. The number of carbonyl (C=O) groups excluding carboxylic acids is 3. The fraction of sp³-hybridized carbons (Fsp3) is 0.381. The summed E-state index contributed by atoms with van der Waals surface area (Å²) in [5.74, 6) is -1.34. The highest BCUT2D eigenvalue weighted by molar-refractivity contribution is 7.18. The quantitative estimate of drug-likeness (QED) is 0.597. The van der Waals surface area contributed by atoms with Crippen LogP contribution in [0.5, 0.6) is 0 Å². The Kier molecular flexibility index (Phi) is 7.10. The van der Waals surface area contributed by atoms with Crippen molar-refractivity contribution in [2.45, 2.75) is 26.7 Å². The molecule has 2 amide bonds. The van der Waals surface area contributed by atoms with Gasteiger partial charge in [-0.15, -0.1) is 11.3 Å². The molecule has 1 N–H and O–H groups in total. The largest absolute Gasteiger partial charge is 0.465 e. The van der Waals surface area contributed by atoms with E-state index < -0.39 is 17.7 Å². The van der Waals surface area contributed by atoms with Crippen LogP contribution in [-0.2, 0) is 9.53 Å². The standard InChI is InChI=1S/C21H22ClFN2O4S/c1-3-29-18(26)11-25(10-13-4-5-13)21(28)19-12(2)8-17(30-19)24-20(27)15-7-6-14(23)9-16(15)22/h6-9,13H,3-5,10-11H2,1-2H3,(H,24,27). The van der Waals surface area contributed by atoms with Crippen molar-refractivity contribution < 1.29 is 23.5 Å². The monoisotopic (exact) mass is 452 g/mol. The van der Waals surface area contributed by atoms with Gasteiger partial charge in [-0.25, -0.2) is 4.39 Å². The van der Waals surface area contributed by atoms with Gasteiger partial charge in [0.2, 0.25) is 0 Å². The lowest BCUT2D eigenvalue weighted by Crippen LogP contribution is -2.37. The first-order valence-electron chi connectivity index (χ1n) is 9.60. The molecule has 2 aromatic rings. The Morgan fingerprint density at radius 2 is 2.03 bits per heavy atom. The van der Waals surface area contributed by atoms with Gasteiger partial charge in [-0.3, -0.25) is 14.4 Å². The summed E-state index contributed by atoms with van der Waals surface area (Å²) in [5.41, 5.74) is 0.824. The van der Waals surface area contributed by atoms with E-state index in [1.807, 2.05) is 0 Å². The number of thiophene rings is 1. The Morgan fingerprint density at radius 1 is 1.30 bits per heavy atom. The van der Waals surface area contributed by atoms with Crippen LogP contribution >= 0.6 is 22.9 Å². The van der Waals surface area contributed by atoms with Gasteiger partial charge < -0.3 is 15.0 Å². The molecule has 1 aliphatic rings. The minimum Gasteiger partial charge on any atom is -0.465 e. The molecule has 0 spiro atoms. The Bertz CT molecular complexity index is 974. The number of amides is 2. The summed E-state index contributed by atoms with van der Waals surface area (Å²) in [5, 5.41) is 3.16. The summed E-state index contributed by atoms with van der Waals surface area (Å²) in [6, 6.07) is 5.21. The molecule has 0 aliphatic heterocycles. The molecular formula is C21H22ClFN2O4S. The van der Waals surface area contributed by atoms with Crippen molar-refractivity contribution in [3.05, 3.63) is 51.1 Å². The maximum Gasteiger partial charge on any atom is 0.325 e. The molecule has 1 aromatic heterocycles. The number of benzene rings is 1. The smallest absolute Gasteiger partial charge is 0.325 e. The lowest BCUT2D eigenvalue weighted by Gasteiger charge is -2.21. The molecule has 0 unspecified atom stereocenters. The van der Waals surface area contributed by atoms with Crippen LogP contribution < -0.4 is 5.32 Å². The maximum absolute atomic E-state index is 13.2. The van der Waals surface area contributed by atoms with Crippen LogP contribution in [0.25, 0.3) is 0 Å². The number of rotatable bonds is 8. The third kappa shape index (κ3) is 5.58. The summed E-state index contributed by atoms with van der Waals surface area (Å²) < 4.78 is 18.2. The number of aryl methyl sites for hydroxylation is 1. The second-order valence-electron chi connectivity index (χ2n) is 7.14. The molecule has 3 rings (SSSR count). The van der Waals surface area contributed by atoms with Crippen LogP contribution in [0.15, 0.2) is 24.3 Å². The zero-order valence-corrected chi connectivity index (χ0v) is 18.2. The number of carbonyl (C=O) groups is 3. The average Bonchev–Trinajstić information content (AvgIpc) is 3.41. The van der Waals surface area contributed by atoms with E-state index in [1.165, 1.54) is 11.0 Å². The second-order valence-corrected chi connectivity index (χ2v) is 8.59. The highest BCUT2D eigenvalue weighted by Gasteiger charge is 2.30. The van der Waals surface area contributed by atoms with E-state index in [9.17, 15) is 18.8 Å². The number of nitrogens with one attached hydrogen (secondary N) is 1. The fourth-order valence-electron chi connectivity index (χ4n) is 2.95. The summed E-state index contributed by atoms with van der Waals surface area (Å²) in [6.07, 6.45) is 2.07. The molecule has 0 radical (unpaired) electrons. The predicted molar refractivity (Wildman–Crippen MR) is 114 cm³/mol. The second kappa shape index (κ2) is 9.57. The minimum atomic E-state index is -0.534. The molecule has 0 atom stereocenters. The van der Waals surface area contributed by atoms with Crippen molar-refractivity contribution in [1.29, 1.82) is 0 Å². The van der Waals surface area contributed by atoms with E-state index >= 15 is 0 Å². The highest BCUT2D eigenvalue weighted by Crippen LogP contribution is 2.33. The summed E-state index contributed by atoms with van der Waals surface area (Å²) >= 11 is 7.07. The molecule has 1 aromatic carbocycles. The first-order chi connectivity index (χ1) is 14.3. The zero-order valence-electron chi connectivity index (χ0n) is 16.7. The molecule has 1 saturated carbocycles. The van der Waals surface area contributed by atoms with E-state index in [2.05, 4.69) is 5.32 Å².